The highest BCUT2D eigenvalue weighted by Crippen LogP contribution is 2.23. The summed E-state index contributed by atoms with van der Waals surface area (Å²) in [6.45, 7) is 0.309. The summed E-state index contributed by atoms with van der Waals surface area (Å²) in [6.07, 6.45) is 0.433. The first-order chi connectivity index (χ1) is 8.93. The second-order valence-electron chi connectivity index (χ2n) is 4.46. The predicted molar refractivity (Wildman–Crippen MR) is 67.4 cm³/mol. The van der Waals surface area contributed by atoms with Gasteiger partial charge in [-0.3, -0.25) is 0 Å². The van der Waals surface area contributed by atoms with Crippen molar-refractivity contribution in [2.24, 2.45) is 0 Å². The van der Waals surface area contributed by atoms with E-state index in [9.17, 15) is 18.3 Å². The summed E-state index contributed by atoms with van der Waals surface area (Å²) in [5.74, 6) is -1.28. The molecule has 0 aliphatic carbocycles. The lowest BCUT2D eigenvalue weighted by Crippen LogP contribution is -2.42. The molecular weight excluding hydrogens is 270 g/mol. The zero-order valence-electron chi connectivity index (χ0n) is 10.2. The number of hydrogen-bond acceptors (Lipinski definition) is 4. The molecule has 19 heavy (non-hydrogen) atoms. The Kier molecular flexibility index (Phi) is 3.88. The van der Waals surface area contributed by atoms with Gasteiger partial charge in [-0.15, -0.1) is 0 Å². The molecule has 0 aromatic heterocycles. The van der Waals surface area contributed by atoms with Gasteiger partial charge < -0.3 is 10.2 Å². The lowest BCUT2D eigenvalue weighted by molar-refractivity contribution is 0.0692. The van der Waals surface area contributed by atoms with E-state index in [1.165, 1.54) is 24.3 Å². The minimum Gasteiger partial charge on any atom is -0.478 e. The fourth-order valence-corrected chi connectivity index (χ4v) is 3.85. The minimum absolute atomic E-state index is 0.0102. The normalized spacial score (nSPS) is 21.2. The monoisotopic (exact) mass is 285 g/mol. The molecule has 0 amide bonds. The fraction of sp³-hybridized carbons (Fsp3) is 0.417. The number of aliphatic hydroxyl groups is 1. The zero-order chi connectivity index (χ0) is 14.0. The van der Waals surface area contributed by atoms with E-state index < -0.39 is 22.1 Å². The molecule has 0 bridgehead atoms. The highest BCUT2D eigenvalue weighted by Gasteiger charge is 2.32. The molecule has 6 nitrogen and oxygen atoms in total. The van der Waals surface area contributed by atoms with Gasteiger partial charge in [-0.2, -0.15) is 4.31 Å². The Morgan fingerprint density at radius 3 is 2.63 bits per heavy atom. The van der Waals surface area contributed by atoms with Gasteiger partial charge in [0.05, 0.1) is 16.6 Å². The van der Waals surface area contributed by atoms with Crippen molar-refractivity contribution in [2.75, 3.05) is 13.1 Å². The Bertz CT molecular complexity index is 584. The van der Waals surface area contributed by atoms with Gasteiger partial charge in [-0.1, -0.05) is 12.1 Å². The van der Waals surface area contributed by atoms with Crippen LogP contribution in [0.3, 0.4) is 0 Å². The van der Waals surface area contributed by atoms with Crippen molar-refractivity contribution < 1.29 is 23.4 Å². The van der Waals surface area contributed by atoms with Gasteiger partial charge in [0.15, 0.2) is 0 Å². The van der Waals surface area contributed by atoms with Gasteiger partial charge in [-0.05, 0) is 25.0 Å². The average Bonchev–Trinajstić information content (AvgIpc) is 2.38. The summed E-state index contributed by atoms with van der Waals surface area (Å²) >= 11 is 0. The molecule has 1 aromatic rings. The van der Waals surface area contributed by atoms with E-state index >= 15 is 0 Å². The molecule has 0 saturated carbocycles. The van der Waals surface area contributed by atoms with Crippen LogP contribution >= 0.6 is 0 Å². The largest absolute Gasteiger partial charge is 0.478 e. The Balaban J connectivity index is 2.42. The number of rotatable bonds is 3. The summed E-state index contributed by atoms with van der Waals surface area (Å²) in [5, 5.41) is 18.6. The second kappa shape index (κ2) is 5.28. The molecule has 104 valence electrons. The Labute approximate surface area is 111 Å². The maximum Gasteiger partial charge on any atom is 0.337 e. The van der Waals surface area contributed by atoms with Crippen LogP contribution in [-0.2, 0) is 10.0 Å². The standard InChI is InChI=1S/C12H15NO5S/c14-9-4-3-7-13(8-9)19(17,18)11-6-2-1-5-10(11)12(15)16/h1-2,5-6,9,14H,3-4,7-8H2,(H,15,16)/t9-/m0/s1. The number of β-amino-alcohol motifs (C(OH)–C–C–N with tert-alkyl or cyclic N) is 1. The lowest BCUT2D eigenvalue weighted by atomic mass is 10.1. The third kappa shape index (κ3) is 2.78. The average molecular weight is 285 g/mol. The van der Waals surface area contributed by atoms with Crippen LogP contribution in [-0.4, -0.2) is 48.1 Å². The Morgan fingerprint density at radius 1 is 1.32 bits per heavy atom. The van der Waals surface area contributed by atoms with Gasteiger partial charge in [0.25, 0.3) is 0 Å². The molecule has 1 saturated heterocycles. The first-order valence-corrected chi connectivity index (χ1v) is 7.37. The maximum atomic E-state index is 12.4. The van der Waals surface area contributed by atoms with E-state index in [0.29, 0.717) is 19.4 Å². The number of piperidine rings is 1. The first kappa shape index (κ1) is 14.0. The van der Waals surface area contributed by atoms with Crippen LogP contribution in [0.2, 0.25) is 0 Å². The van der Waals surface area contributed by atoms with Crippen molar-refractivity contribution in [2.45, 2.75) is 23.8 Å². The second-order valence-corrected chi connectivity index (χ2v) is 6.37. The van der Waals surface area contributed by atoms with E-state index in [0.717, 1.165) is 4.31 Å². The van der Waals surface area contributed by atoms with Crippen LogP contribution in [0.25, 0.3) is 0 Å². The summed E-state index contributed by atoms with van der Waals surface area (Å²) in [7, 11) is -3.88. The molecule has 1 heterocycles. The molecule has 1 aliphatic heterocycles. The van der Waals surface area contributed by atoms with Gasteiger partial charge in [0, 0.05) is 13.1 Å². The van der Waals surface area contributed by atoms with Crippen molar-refractivity contribution in [1.82, 2.24) is 4.31 Å². The summed E-state index contributed by atoms with van der Waals surface area (Å²) in [4.78, 5) is 10.9. The number of carboxylic acid groups (broad SMARTS) is 1. The van der Waals surface area contributed by atoms with Crippen molar-refractivity contribution in [3.63, 3.8) is 0 Å². The van der Waals surface area contributed by atoms with Gasteiger partial charge in [0.1, 0.15) is 0 Å². The summed E-state index contributed by atoms with van der Waals surface area (Å²) in [5.41, 5.74) is -0.248. The van der Waals surface area contributed by atoms with Crippen LogP contribution in [0, 0.1) is 0 Å². The van der Waals surface area contributed by atoms with Crippen LogP contribution in [0.15, 0.2) is 29.2 Å². The van der Waals surface area contributed by atoms with Crippen LogP contribution < -0.4 is 0 Å². The smallest absolute Gasteiger partial charge is 0.337 e. The van der Waals surface area contributed by atoms with Crippen LogP contribution in [0.5, 0.6) is 0 Å². The van der Waals surface area contributed by atoms with Crippen molar-refractivity contribution in [3.05, 3.63) is 29.8 Å². The van der Waals surface area contributed by atoms with Crippen molar-refractivity contribution >= 4 is 16.0 Å². The van der Waals surface area contributed by atoms with Crippen molar-refractivity contribution in [3.8, 4) is 0 Å². The molecular formula is C12H15NO5S. The maximum absolute atomic E-state index is 12.4. The minimum atomic E-state index is -3.88. The summed E-state index contributed by atoms with van der Waals surface area (Å²) in [6, 6.07) is 5.50. The number of aromatic carboxylic acids is 1. The van der Waals surface area contributed by atoms with E-state index in [1.54, 1.807) is 0 Å². The lowest BCUT2D eigenvalue weighted by Gasteiger charge is -2.29. The number of sulfonamides is 1. The molecule has 0 radical (unpaired) electrons. The Hall–Kier alpha value is -1.44. The fourth-order valence-electron chi connectivity index (χ4n) is 2.15. The van der Waals surface area contributed by atoms with Gasteiger partial charge in [-0.25, -0.2) is 13.2 Å². The van der Waals surface area contributed by atoms with Crippen LogP contribution in [0.1, 0.15) is 23.2 Å². The molecule has 2 N–H and O–H groups in total. The van der Waals surface area contributed by atoms with Crippen LogP contribution in [0.4, 0.5) is 0 Å². The number of carboxylic acids is 1. The number of hydrogen-bond donors (Lipinski definition) is 2. The molecule has 2 rings (SSSR count). The molecule has 1 fully saturated rings. The van der Waals surface area contributed by atoms with Crippen molar-refractivity contribution in [1.29, 1.82) is 0 Å². The zero-order valence-corrected chi connectivity index (χ0v) is 11.0. The van der Waals surface area contributed by atoms with Gasteiger partial charge in [0.2, 0.25) is 10.0 Å². The number of carbonyl (C=O) groups is 1. The Morgan fingerprint density at radius 2 is 2.00 bits per heavy atom. The van der Waals surface area contributed by atoms with E-state index in [4.69, 9.17) is 5.11 Å². The molecule has 1 atom stereocenters. The van der Waals surface area contributed by atoms with E-state index in [-0.39, 0.29) is 17.0 Å². The molecule has 7 heteroatoms. The number of aliphatic hydroxyl groups excluding tert-OH is 1. The van der Waals surface area contributed by atoms with Gasteiger partial charge >= 0.3 is 5.97 Å². The quantitative estimate of drug-likeness (QED) is 0.844. The molecule has 0 spiro atoms. The third-order valence-electron chi connectivity index (χ3n) is 3.09. The summed E-state index contributed by atoms with van der Waals surface area (Å²) < 4.78 is 26.0. The van der Waals surface area contributed by atoms with E-state index in [1.807, 2.05) is 0 Å². The molecule has 1 aromatic carbocycles. The highest BCUT2D eigenvalue weighted by molar-refractivity contribution is 7.89. The molecule has 0 unspecified atom stereocenters. The number of nitrogens with zero attached hydrogens (tertiary/aromatic N) is 1. The SMILES string of the molecule is O=C(O)c1ccccc1S(=O)(=O)N1CCC[C@H](O)C1. The predicted octanol–water partition coefficient (Wildman–Crippen LogP) is 0.530. The first-order valence-electron chi connectivity index (χ1n) is 5.93. The third-order valence-corrected chi connectivity index (χ3v) is 5.02. The number of benzene rings is 1. The molecule has 1 aliphatic rings. The van der Waals surface area contributed by atoms with E-state index in [2.05, 4.69) is 0 Å². The highest BCUT2D eigenvalue weighted by atomic mass is 32.2. The topological polar surface area (TPSA) is 94.9 Å².